The van der Waals surface area contributed by atoms with E-state index in [1.165, 1.54) is 0 Å². The van der Waals surface area contributed by atoms with Gasteiger partial charge in [-0.25, -0.2) is 0 Å². The molecule has 0 spiro atoms. The van der Waals surface area contributed by atoms with E-state index in [1.807, 2.05) is 19.1 Å². The van der Waals surface area contributed by atoms with Gasteiger partial charge in [-0.3, -0.25) is 14.5 Å². The molecule has 1 aliphatic rings. The third-order valence-electron chi connectivity index (χ3n) is 4.89. The number of benzene rings is 2. The van der Waals surface area contributed by atoms with Crippen LogP contribution in [0.15, 0.2) is 42.5 Å². The number of nitrogens with one attached hydrogen (secondary N) is 2. The summed E-state index contributed by atoms with van der Waals surface area (Å²) >= 11 is 6.15. The zero-order valence-corrected chi connectivity index (χ0v) is 17.0. The monoisotopic (exact) mass is 413 g/mol. The van der Waals surface area contributed by atoms with Crippen molar-refractivity contribution in [1.82, 2.24) is 4.90 Å². The highest BCUT2D eigenvalue weighted by Gasteiger charge is 2.21. The molecule has 3 rings (SSSR count). The van der Waals surface area contributed by atoms with Crippen molar-refractivity contribution >= 4 is 35.3 Å². The van der Waals surface area contributed by atoms with Crippen LogP contribution in [0.2, 0.25) is 5.02 Å². The average molecular weight is 414 g/mol. The van der Waals surface area contributed by atoms with Crippen molar-refractivity contribution in [2.45, 2.75) is 32.4 Å². The van der Waals surface area contributed by atoms with Gasteiger partial charge in [0.25, 0.3) is 5.91 Å². The van der Waals surface area contributed by atoms with E-state index in [-0.39, 0.29) is 18.5 Å². The Morgan fingerprint density at radius 1 is 1.28 bits per heavy atom. The summed E-state index contributed by atoms with van der Waals surface area (Å²) in [5.74, 6) is -0.435. The van der Waals surface area contributed by atoms with Crippen LogP contribution in [0.1, 0.15) is 40.7 Å². The van der Waals surface area contributed by atoms with Gasteiger partial charge in [-0.2, -0.15) is 0 Å². The number of anilines is 1. The molecule has 1 unspecified atom stereocenters. The summed E-state index contributed by atoms with van der Waals surface area (Å²) in [4.78, 5) is 25.4. The smallest absolute Gasteiger partial charge is 0.260 e. The lowest BCUT2D eigenvalue weighted by Crippen LogP contribution is -2.35. The van der Waals surface area contributed by atoms with Crippen molar-refractivity contribution in [1.29, 1.82) is 5.41 Å². The minimum Gasteiger partial charge on any atom is -0.360 e. The van der Waals surface area contributed by atoms with Crippen LogP contribution in [-0.2, 0) is 9.53 Å². The molecule has 1 aliphatic heterocycles. The standard InChI is InChI=1S/C22H24ClN3O3/c1-15-6-2-3-7-17(15)22(28)26(14-27)13-19(24)18-12-16(23)9-10-20(18)25-21-8-4-5-11-29-21/h2-3,6-7,9-10,12,14,21,24-25H,4-5,8,11,13H2,1H3. The molecule has 0 aromatic heterocycles. The van der Waals surface area contributed by atoms with Gasteiger partial charge < -0.3 is 15.5 Å². The number of aryl methyl sites for hydroxylation is 1. The highest BCUT2D eigenvalue weighted by Crippen LogP contribution is 2.25. The molecule has 1 heterocycles. The zero-order chi connectivity index (χ0) is 20.8. The maximum atomic E-state index is 12.8. The van der Waals surface area contributed by atoms with Crippen molar-refractivity contribution in [2.24, 2.45) is 0 Å². The molecular formula is C22H24ClN3O3. The van der Waals surface area contributed by atoms with Gasteiger partial charge >= 0.3 is 0 Å². The Bertz CT molecular complexity index is 910. The third-order valence-corrected chi connectivity index (χ3v) is 5.13. The molecule has 0 saturated carbocycles. The van der Waals surface area contributed by atoms with Gasteiger partial charge in [0.1, 0.15) is 6.23 Å². The van der Waals surface area contributed by atoms with Crippen LogP contribution in [0, 0.1) is 12.3 Å². The molecule has 0 radical (unpaired) electrons. The molecule has 2 aromatic rings. The summed E-state index contributed by atoms with van der Waals surface area (Å²) in [6.45, 7) is 2.35. The van der Waals surface area contributed by atoms with E-state index in [4.69, 9.17) is 21.7 Å². The van der Waals surface area contributed by atoms with E-state index in [2.05, 4.69) is 5.32 Å². The molecule has 29 heavy (non-hydrogen) atoms. The topological polar surface area (TPSA) is 82.5 Å². The van der Waals surface area contributed by atoms with Crippen molar-refractivity contribution in [2.75, 3.05) is 18.5 Å². The first kappa shape index (κ1) is 21.0. The summed E-state index contributed by atoms with van der Waals surface area (Å²) in [6, 6.07) is 12.2. The van der Waals surface area contributed by atoms with Gasteiger partial charge in [-0.1, -0.05) is 29.8 Å². The minimum atomic E-state index is -0.435. The van der Waals surface area contributed by atoms with Crippen LogP contribution in [0.3, 0.4) is 0 Å². The van der Waals surface area contributed by atoms with Crippen LogP contribution in [0.4, 0.5) is 5.69 Å². The Kier molecular flexibility index (Phi) is 7.01. The number of halogens is 1. The first-order valence-electron chi connectivity index (χ1n) is 9.57. The Morgan fingerprint density at radius 2 is 2.07 bits per heavy atom. The number of imide groups is 1. The molecule has 1 fully saturated rings. The molecule has 6 nitrogen and oxygen atoms in total. The molecule has 2 N–H and O–H groups in total. The van der Waals surface area contributed by atoms with E-state index in [0.29, 0.717) is 34.9 Å². The fraction of sp³-hybridized carbons (Fsp3) is 0.318. The van der Waals surface area contributed by atoms with Crippen molar-refractivity contribution < 1.29 is 14.3 Å². The first-order chi connectivity index (χ1) is 14.0. The van der Waals surface area contributed by atoms with Gasteiger partial charge in [-0.05, 0) is 56.0 Å². The van der Waals surface area contributed by atoms with E-state index >= 15 is 0 Å². The van der Waals surface area contributed by atoms with Crippen LogP contribution in [0.5, 0.6) is 0 Å². The maximum Gasteiger partial charge on any atom is 0.260 e. The van der Waals surface area contributed by atoms with Gasteiger partial charge in [0, 0.05) is 28.4 Å². The fourth-order valence-electron chi connectivity index (χ4n) is 3.30. The van der Waals surface area contributed by atoms with Gasteiger partial charge in [0.05, 0.1) is 12.3 Å². The number of ether oxygens (including phenoxy) is 1. The third kappa shape index (κ3) is 5.22. The molecule has 152 valence electrons. The van der Waals surface area contributed by atoms with Crippen LogP contribution >= 0.6 is 11.6 Å². The van der Waals surface area contributed by atoms with Gasteiger partial charge in [0.2, 0.25) is 6.41 Å². The molecular weight excluding hydrogens is 390 g/mol. The summed E-state index contributed by atoms with van der Waals surface area (Å²) < 4.78 is 5.72. The second-order valence-corrected chi connectivity index (χ2v) is 7.46. The van der Waals surface area contributed by atoms with Crippen molar-refractivity contribution in [3.63, 3.8) is 0 Å². The lowest BCUT2D eigenvalue weighted by Gasteiger charge is -2.26. The summed E-state index contributed by atoms with van der Waals surface area (Å²) in [5, 5.41) is 12.3. The molecule has 7 heteroatoms. The molecule has 2 amide bonds. The van der Waals surface area contributed by atoms with Crippen molar-refractivity contribution in [3.05, 3.63) is 64.2 Å². The Labute approximate surface area is 175 Å². The number of nitrogens with zero attached hydrogens (tertiary/aromatic N) is 1. The molecule has 0 bridgehead atoms. The molecule has 1 atom stereocenters. The number of carbonyl (C=O) groups excluding carboxylic acids is 2. The van der Waals surface area contributed by atoms with Crippen molar-refractivity contribution in [3.8, 4) is 0 Å². The zero-order valence-electron chi connectivity index (χ0n) is 16.3. The van der Waals surface area contributed by atoms with E-state index in [9.17, 15) is 9.59 Å². The maximum absolute atomic E-state index is 12.8. The quantitative estimate of drug-likeness (QED) is 0.525. The van der Waals surface area contributed by atoms with E-state index in [0.717, 1.165) is 29.7 Å². The number of hydrogen-bond acceptors (Lipinski definition) is 5. The number of amides is 2. The number of hydrogen-bond donors (Lipinski definition) is 2. The summed E-state index contributed by atoms with van der Waals surface area (Å²) in [5.41, 5.74) is 2.55. The van der Waals surface area contributed by atoms with E-state index in [1.54, 1.807) is 30.3 Å². The Balaban J connectivity index is 1.79. The summed E-state index contributed by atoms with van der Waals surface area (Å²) in [7, 11) is 0. The number of carbonyl (C=O) groups is 2. The second-order valence-electron chi connectivity index (χ2n) is 7.02. The number of rotatable bonds is 7. The lowest BCUT2D eigenvalue weighted by atomic mass is 10.0. The van der Waals surface area contributed by atoms with Crippen LogP contribution in [0.25, 0.3) is 0 Å². The fourth-order valence-corrected chi connectivity index (χ4v) is 3.47. The first-order valence-corrected chi connectivity index (χ1v) is 9.95. The summed E-state index contributed by atoms with van der Waals surface area (Å²) in [6.07, 6.45) is 3.32. The molecule has 1 saturated heterocycles. The average Bonchev–Trinajstić information content (AvgIpc) is 2.73. The van der Waals surface area contributed by atoms with Gasteiger partial charge in [0.15, 0.2) is 0 Å². The highest BCUT2D eigenvalue weighted by atomic mass is 35.5. The lowest BCUT2D eigenvalue weighted by molar-refractivity contribution is -0.115. The second kappa shape index (κ2) is 9.67. The van der Waals surface area contributed by atoms with Crippen LogP contribution in [-0.4, -0.2) is 42.3 Å². The van der Waals surface area contributed by atoms with Crippen LogP contribution < -0.4 is 5.32 Å². The normalized spacial score (nSPS) is 16.1. The highest BCUT2D eigenvalue weighted by molar-refractivity contribution is 6.31. The minimum absolute atomic E-state index is 0.111. The largest absolute Gasteiger partial charge is 0.360 e. The molecule has 0 aliphatic carbocycles. The predicted molar refractivity (Wildman–Crippen MR) is 114 cm³/mol. The predicted octanol–water partition coefficient (Wildman–Crippen LogP) is 4.25. The Morgan fingerprint density at radius 3 is 2.76 bits per heavy atom. The Hall–Kier alpha value is -2.70. The molecule has 2 aromatic carbocycles. The SMILES string of the molecule is Cc1ccccc1C(=O)N(C=O)CC(=N)c1cc(Cl)ccc1NC1CCCCO1. The van der Waals surface area contributed by atoms with E-state index < -0.39 is 5.91 Å². The van der Waals surface area contributed by atoms with Gasteiger partial charge in [-0.15, -0.1) is 0 Å².